The number of hydrogen-bond acceptors (Lipinski definition) is 2. The highest BCUT2D eigenvalue weighted by molar-refractivity contribution is 7.80. The molecule has 0 radical (unpaired) electrons. The van der Waals surface area contributed by atoms with Crippen molar-refractivity contribution < 1.29 is 4.79 Å². The van der Waals surface area contributed by atoms with Crippen molar-refractivity contribution in [3.05, 3.63) is 0 Å². The summed E-state index contributed by atoms with van der Waals surface area (Å²) in [6.07, 6.45) is 4.30. The van der Waals surface area contributed by atoms with E-state index in [1.54, 1.807) is 0 Å². The number of hydrogen-bond donors (Lipinski definition) is 2. The molecule has 2 nitrogen and oxygen atoms in total. The van der Waals surface area contributed by atoms with Crippen LogP contribution in [-0.2, 0) is 4.79 Å². The quantitative estimate of drug-likeness (QED) is 0.629. The summed E-state index contributed by atoms with van der Waals surface area (Å²) in [5, 5.41) is 2.95. The van der Waals surface area contributed by atoms with E-state index in [0.29, 0.717) is 17.6 Å². The normalized spacial score (nSPS) is 18.8. The molecule has 0 aromatic rings. The topological polar surface area (TPSA) is 29.1 Å². The Labute approximate surface area is 79.5 Å². The van der Waals surface area contributed by atoms with Gasteiger partial charge in [-0.1, -0.05) is 6.92 Å². The van der Waals surface area contributed by atoms with Crippen molar-refractivity contribution >= 4 is 18.5 Å². The van der Waals surface area contributed by atoms with Crippen molar-refractivity contribution in [1.82, 2.24) is 5.32 Å². The Kier molecular flexibility index (Phi) is 3.44. The Bertz CT molecular complexity index is 166. The van der Waals surface area contributed by atoms with Gasteiger partial charge in [0.2, 0.25) is 5.91 Å². The summed E-state index contributed by atoms with van der Waals surface area (Å²) in [6, 6.07) is 0. The third-order valence-corrected chi connectivity index (χ3v) is 2.93. The van der Waals surface area contributed by atoms with Gasteiger partial charge in [-0.15, -0.1) is 0 Å². The molecule has 0 aromatic carbocycles. The Balaban J connectivity index is 2.12. The molecule has 0 unspecified atom stereocenters. The zero-order valence-electron chi connectivity index (χ0n) is 7.60. The van der Waals surface area contributed by atoms with E-state index in [1.807, 2.05) is 0 Å². The van der Waals surface area contributed by atoms with Gasteiger partial charge in [0.05, 0.1) is 0 Å². The first-order chi connectivity index (χ1) is 5.72. The van der Waals surface area contributed by atoms with Gasteiger partial charge >= 0.3 is 0 Å². The van der Waals surface area contributed by atoms with E-state index in [9.17, 15) is 4.79 Å². The van der Waals surface area contributed by atoms with E-state index in [-0.39, 0.29) is 5.91 Å². The van der Waals surface area contributed by atoms with Gasteiger partial charge in [0.1, 0.15) is 0 Å². The van der Waals surface area contributed by atoms with Crippen molar-refractivity contribution in [3.8, 4) is 0 Å². The van der Waals surface area contributed by atoms with Crippen LogP contribution in [0.4, 0.5) is 0 Å². The molecule has 3 heteroatoms. The number of rotatable bonds is 5. The van der Waals surface area contributed by atoms with E-state index in [0.717, 1.165) is 6.54 Å². The molecule has 1 rings (SSSR count). The first-order valence-electron chi connectivity index (χ1n) is 4.60. The van der Waals surface area contributed by atoms with Crippen LogP contribution in [-0.4, -0.2) is 18.2 Å². The van der Waals surface area contributed by atoms with Gasteiger partial charge in [-0.2, -0.15) is 12.6 Å². The maximum absolute atomic E-state index is 11.1. The summed E-state index contributed by atoms with van der Waals surface area (Å²) >= 11 is 4.00. The van der Waals surface area contributed by atoms with E-state index >= 15 is 0 Å². The Morgan fingerprint density at radius 3 is 2.67 bits per heavy atom. The average Bonchev–Trinajstić information content (AvgIpc) is 2.82. The van der Waals surface area contributed by atoms with E-state index in [1.165, 1.54) is 19.3 Å². The molecule has 12 heavy (non-hydrogen) atoms. The lowest BCUT2D eigenvalue weighted by Gasteiger charge is -2.12. The average molecular weight is 187 g/mol. The monoisotopic (exact) mass is 187 g/mol. The molecule has 1 amide bonds. The number of carbonyl (C=O) groups is 1. The molecule has 0 heterocycles. The Morgan fingerprint density at radius 1 is 1.58 bits per heavy atom. The van der Waals surface area contributed by atoms with Gasteiger partial charge in [-0.25, -0.2) is 0 Å². The minimum absolute atomic E-state index is 0.143. The molecule has 0 spiro atoms. The fourth-order valence-corrected chi connectivity index (χ4v) is 1.51. The van der Waals surface area contributed by atoms with Crippen LogP contribution < -0.4 is 5.32 Å². The van der Waals surface area contributed by atoms with Gasteiger partial charge in [0, 0.05) is 13.0 Å². The van der Waals surface area contributed by atoms with Gasteiger partial charge in [-0.3, -0.25) is 4.79 Å². The number of nitrogens with one attached hydrogen (secondary N) is 1. The van der Waals surface area contributed by atoms with Crippen molar-refractivity contribution in [2.24, 2.45) is 5.41 Å². The van der Waals surface area contributed by atoms with E-state index in [4.69, 9.17) is 0 Å². The lowest BCUT2D eigenvalue weighted by Crippen LogP contribution is -2.29. The zero-order chi connectivity index (χ0) is 9.03. The summed E-state index contributed by atoms with van der Waals surface area (Å²) < 4.78 is 0. The third-order valence-electron chi connectivity index (χ3n) is 2.71. The second-order valence-electron chi connectivity index (χ2n) is 3.60. The molecule has 0 aliphatic heterocycles. The van der Waals surface area contributed by atoms with Crippen LogP contribution in [0.3, 0.4) is 0 Å². The zero-order valence-corrected chi connectivity index (χ0v) is 8.49. The van der Waals surface area contributed by atoms with Crippen LogP contribution in [0.1, 0.15) is 32.6 Å². The fourth-order valence-electron chi connectivity index (χ4n) is 1.31. The minimum Gasteiger partial charge on any atom is -0.356 e. The maximum atomic E-state index is 11.1. The summed E-state index contributed by atoms with van der Waals surface area (Å²) in [6.45, 7) is 3.06. The fraction of sp³-hybridized carbons (Fsp3) is 0.889. The molecular weight excluding hydrogens is 170 g/mol. The molecule has 0 bridgehead atoms. The molecule has 1 fully saturated rings. The minimum atomic E-state index is 0.143. The third kappa shape index (κ3) is 2.70. The molecule has 1 saturated carbocycles. The summed E-state index contributed by atoms with van der Waals surface area (Å²) in [4.78, 5) is 11.1. The molecule has 1 aliphatic rings. The lowest BCUT2D eigenvalue weighted by atomic mass is 10.0. The van der Waals surface area contributed by atoms with E-state index < -0.39 is 0 Å². The van der Waals surface area contributed by atoms with Crippen molar-refractivity contribution in [1.29, 1.82) is 0 Å². The van der Waals surface area contributed by atoms with Crippen LogP contribution in [0.25, 0.3) is 0 Å². The molecule has 0 saturated heterocycles. The highest BCUT2D eigenvalue weighted by Gasteiger charge is 2.40. The van der Waals surface area contributed by atoms with Crippen molar-refractivity contribution in [2.45, 2.75) is 32.6 Å². The van der Waals surface area contributed by atoms with Crippen molar-refractivity contribution in [2.75, 3.05) is 12.3 Å². The van der Waals surface area contributed by atoms with Crippen LogP contribution in [0.2, 0.25) is 0 Å². The number of amides is 1. The largest absolute Gasteiger partial charge is 0.356 e. The lowest BCUT2D eigenvalue weighted by molar-refractivity contribution is -0.120. The second kappa shape index (κ2) is 4.17. The van der Waals surface area contributed by atoms with Gasteiger partial charge < -0.3 is 5.32 Å². The van der Waals surface area contributed by atoms with Gasteiger partial charge in [-0.05, 0) is 30.4 Å². The second-order valence-corrected chi connectivity index (χ2v) is 4.05. The SMILES string of the molecule is CCC1(CNC(=O)CCS)CC1. The smallest absolute Gasteiger partial charge is 0.220 e. The predicted molar refractivity (Wildman–Crippen MR) is 53.4 cm³/mol. The van der Waals surface area contributed by atoms with Gasteiger partial charge in [0.25, 0.3) is 0 Å². The van der Waals surface area contributed by atoms with Crippen LogP contribution >= 0.6 is 12.6 Å². The standard InChI is InChI=1S/C9H17NOS/c1-2-9(4-5-9)7-10-8(11)3-6-12/h12H,2-7H2,1H3,(H,10,11). The Morgan fingerprint density at radius 2 is 2.25 bits per heavy atom. The number of carbonyl (C=O) groups excluding carboxylic acids is 1. The van der Waals surface area contributed by atoms with Crippen LogP contribution in [0.15, 0.2) is 0 Å². The number of thiol groups is 1. The summed E-state index contributed by atoms with van der Waals surface area (Å²) in [5.41, 5.74) is 0.465. The summed E-state index contributed by atoms with van der Waals surface area (Å²) in [7, 11) is 0. The van der Waals surface area contributed by atoms with Crippen LogP contribution in [0.5, 0.6) is 0 Å². The first-order valence-corrected chi connectivity index (χ1v) is 5.23. The summed E-state index contributed by atoms with van der Waals surface area (Å²) in [5.74, 6) is 0.787. The van der Waals surface area contributed by atoms with Crippen LogP contribution in [0, 0.1) is 5.41 Å². The van der Waals surface area contributed by atoms with Gasteiger partial charge in [0.15, 0.2) is 0 Å². The molecular formula is C9H17NOS. The predicted octanol–water partition coefficient (Wildman–Crippen LogP) is 1.61. The van der Waals surface area contributed by atoms with E-state index in [2.05, 4.69) is 24.9 Å². The first kappa shape index (κ1) is 9.90. The molecule has 0 aromatic heterocycles. The molecule has 1 aliphatic carbocycles. The Hall–Kier alpha value is -0.180. The molecule has 70 valence electrons. The molecule has 0 atom stereocenters. The maximum Gasteiger partial charge on any atom is 0.220 e. The highest BCUT2D eigenvalue weighted by Crippen LogP contribution is 2.47. The highest BCUT2D eigenvalue weighted by atomic mass is 32.1. The van der Waals surface area contributed by atoms with Crippen molar-refractivity contribution in [3.63, 3.8) is 0 Å². The molecule has 1 N–H and O–H groups in total.